The summed E-state index contributed by atoms with van der Waals surface area (Å²) in [5, 5.41) is 12.7. The second-order valence-corrected chi connectivity index (χ2v) is 9.37. The first-order valence-electron chi connectivity index (χ1n) is 10.5. The normalized spacial score (nSPS) is 14.7. The van der Waals surface area contributed by atoms with Crippen molar-refractivity contribution in [2.45, 2.75) is 44.6 Å². The zero-order valence-corrected chi connectivity index (χ0v) is 18.1. The molecule has 0 heterocycles. The lowest BCUT2D eigenvalue weighted by atomic mass is 9.86. The predicted molar refractivity (Wildman–Crippen MR) is 122 cm³/mol. The van der Waals surface area contributed by atoms with E-state index in [1.807, 2.05) is 36.4 Å². The summed E-state index contributed by atoms with van der Waals surface area (Å²) in [5.74, 6) is -1.38. The number of carbonyl (C=O) groups excluding carboxylic acids is 1. The molecule has 31 heavy (non-hydrogen) atoms. The number of carboxylic acid groups (broad SMARTS) is 1. The van der Waals surface area contributed by atoms with Crippen LogP contribution in [0.2, 0.25) is 0 Å². The van der Waals surface area contributed by atoms with Crippen LogP contribution in [-0.2, 0) is 23.1 Å². The molecule has 4 heteroatoms. The van der Waals surface area contributed by atoms with E-state index < -0.39 is 11.5 Å². The van der Waals surface area contributed by atoms with Crippen LogP contribution in [0.1, 0.15) is 47.8 Å². The molecule has 0 atom stereocenters. The second kappa shape index (κ2) is 7.69. The maximum Gasteiger partial charge on any atom is 0.330 e. The Morgan fingerprint density at radius 2 is 1.29 bits per heavy atom. The lowest BCUT2D eigenvalue weighted by Crippen LogP contribution is -2.55. The molecule has 1 aliphatic carbocycles. The molecule has 158 valence electrons. The van der Waals surface area contributed by atoms with Crippen LogP contribution >= 0.6 is 0 Å². The molecule has 0 unspecified atom stereocenters. The van der Waals surface area contributed by atoms with Crippen molar-refractivity contribution in [1.29, 1.82) is 0 Å². The highest BCUT2D eigenvalue weighted by Crippen LogP contribution is 2.31. The highest BCUT2D eigenvalue weighted by atomic mass is 16.4. The Hall–Kier alpha value is -3.40. The number of carboxylic acids is 1. The van der Waals surface area contributed by atoms with Crippen LogP contribution in [0, 0.1) is 0 Å². The Kier molecular flexibility index (Phi) is 5.18. The predicted octanol–water partition coefficient (Wildman–Crippen LogP) is 5.00. The van der Waals surface area contributed by atoms with Gasteiger partial charge in [0.05, 0.1) is 0 Å². The largest absolute Gasteiger partial charge is 0.479 e. The minimum Gasteiger partial charge on any atom is -0.479 e. The van der Waals surface area contributed by atoms with Gasteiger partial charge in [-0.25, -0.2) is 4.79 Å². The molecule has 0 fully saturated rings. The average Bonchev–Trinajstić information content (AvgIpc) is 3.13. The summed E-state index contributed by atoms with van der Waals surface area (Å²) in [6.07, 6.45) is 0.588. The Morgan fingerprint density at radius 3 is 1.74 bits per heavy atom. The van der Waals surface area contributed by atoms with E-state index in [0.717, 1.165) is 22.3 Å². The topological polar surface area (TPSA) is 66.4 Å². The Morgan fingerprint density at radius 1 is 0.806 bits per heavy atom. The van der Waals surface area contributed by atoms with Gasteiger partial charge in [0.1, 0.15) is 5.54 Å². The molecule has 1 amide bonds. The first-order valence-corrected chi connectivity index (χ1v) is 10.5. The minimum atomic E-state index is -1.30. The van der Waals surface area contributed by atoms with Gasteiger partial charge in [-0.1, -0.05) is 81.4 Å². The van der Waals surface area contributed by atoms with Gasteiger partial charge in [0, 0.05) is 18.4 Å². The molecule has 4 rings (SSSR count). The minimum absolute atomic E-state index is 0.0977. The molecule has 1 aliphatic rings. The molecule has 0 radical (unpaired) electrons. The molecule has 0 spiro atoms. The highest BCUT2D eigenvalue weighted by Gasteiger charge is 2.45. The van der Waals surface area contributed by atoms with E-state index in [4.69, 9.17) is 0 Å². The van der Waals surface area contributed by atoms with Crippen molar-refractivity contribution < 1.29 is 14.7 Å². The van der Waals surface area contributed by atoms with Crippen LogP contribution in [0.15, 0.2) is 72.8 Å². The Labute approximate surface area is 182 Å². The fraction of sp³-hybridized carbons (Fsp3) is 0.259. The summed E-state index contributed by atoms with van der Waals surface area (Å²) in [5.41, 5.74) is 4.54. The van der Waals surface area contributed by atoms with Gasteiger partial charge in [0.25, 0.3) is 5.91 Å². The van der Waals surface area contributed by atoms with Gasteiger partial charge in [-0.3, -0.25) is 4.79 Å². The van der Waals surface area contributed by atoms with Crippen molar-refractivity contribution in [2.24, 2.45) is 0 Å². The SMILES string of the molecule is CC(C)(C)c1ccc(-c2ccc(C(=O)NC3(C(=O)O)Cc4ccccc4C3)cc2)cc1. The van der Waals surface area contributed by atoms with Gasteiger partial charge in [-0.2, -0.15) is 0 Å². The van der Waals surface area contributed by atoms with Gasteiger partial charge in [0.15, 0.2) is 0 Å². The number of hydrogen-bond acceptors (Lipinski definition) is 2. The summed E-state index contributed by atoms with van der Waals surface area (Å²) in [7, 11) is 0. The monoisotopic (exact) mass is 413 g/mol. The van der Waals surface area contributed by atoms with Gasteiger partial charge >= 0.3 is 5.97 Å². The van der Waals surface area contributed by atoms with Crippen molar-refractivity contribution in [1.82, 2.24) is 5.32 Å². The molecule has 0 saturated heterocycles. The lowest BCUT2D eigenvalue weighted by molar-refractivity contribution is -0.144. The van der Waals surface area contributed by atoms with Gasteiger partial charge in [-0.15, -0.1) is 0 Å². The molecule has 3 aromatic carbocycles. The van der Waals surface area contributed by atoms with Gasteiger partial charge in [0.2, 0.25) is 0 Å². The number of carbonyl (C=O) groups is 2. The van der Waals surface area contributed by atoms with E-state index >= 15 is 0 Å². The second-order valence-electron chi connectivity index (χ2n) is 9.37. The third-order valence-corrected chi connectivity index (χ3v) is 6.10. The quantitative estimate of drug-likeness (QED) is 0.632. The zero-order chi connectivity index (χ0) is 22.2. The fourth-order valence-electron chi connectivity index (χ4n) is 4.17. The first-order chi connectivity index (χ1) is 14.7. The smallest absolute Gasteiger partial charge is 0.330 e. The molecule has 0 bridgehead atoms. The molecule has 0 saturated carbocycles. The molecular formula is C27H27NO3. The first kappa shape index (κ1) is 20.9. The Balaban J connectivity index is 1.51. The van der Waals surface area contributed by atoms with Crippen LogP contribution in [-0.4, -0.2) is 22.5 Å². The van der Waals surface area contributed by atoms with Gasteiger partial charge in [-0.05, 0) is 45.4 Å². The summed E-state index contributed by atoms with van der Waals surface area (Å²) >= 11 is 0. The maximum absolute atomic E-state index is 12.9. The fourth-order valence-corrected chi connectivity index (χ4v) is 4.17. The number of amides is 1. The van der Waals surface area contributed by atoms with E-state index in [1.165, 1.54) is 5.56 Å². The third-order valence-electron chi connectivity index (χ3n) is 6.10. The molecule has 0 aromatic heterocycles. The van der Waals surface area contributed by atoms with E-state index in [1.54, 1.807) is 12.1 Å². The van der Waals surface area contributed by atoms with Gasteiger partial charge < -0.3 is 10.4 Å². The van der Waals surface area contributed by atoms with Crippen molar-refractivity contribution in [3.05, 3.63) is 95.1 Å². The van der Waals surface area contributed by atoms with E-state index in [2.05, 4.69) is 50.4 Å². The van der Waals surface area contributed by atoms with Crippen LogP contribution < -0.4 is 5.32 Å². The average molecular weight is 414 g/mol. The molecule has 4 nitrogen and oxygen atoms in total. The van der Waals surface area contributed by atoms with E-state index in [0.29, 0.717) is 18.4 Å². The third kappa shape index (κ3) is 4.11. The lowest BCUT2D eigenvalue weighted by Gasteiger charge is -2.25. The zero-order valence-electron chi connectivity index (χ0n) is 18.1. The standard InChI is InChI=1S/C27H27NO3/c1-26(2,3)23-14-12-19(13-15-23)18-8-10-20(11-9-18)24(29)28-27(25(30)31)16-21-6-4-5-7-22(21)17-27/h4-15H,16-17H2,1-3H3,(H,28,29)(H,30,31). The molecule has 0 aliphatic heterocycles. The van der Waals surface area contributed by atoms with Crippen LogP contribution in [0.4, 0.5) is 0 Å². The number of rotatable bonds is 4. The van der Waals surface area contributed by atoms with Crippen LogP contribution in [0.3, 0.4) is 0 Å². The highest BCUT2D eigenvalue weighted by molar-refractivity contribution is 5.98. The molecule has 2 N–H and O–H groups in total. The number of benzene rings is 3. The number of aliphatic carboxylic acids is 1. The van der Waals surface area contributed by atoms with Crippen molar-refractivity contribution in [3.63, 3.8) is 0 Å². The number of nitrogens with one attached hydrogen (secondary N) is 1. The summed E-state index contributed by atoms with van der Waals surface area (Å²) < 4.78 is 0. The summed E-state index contributed by atoms with van der Waals surface area (Å²) in [6, 6.07) is 23.4. The van der Waals surface area contributed by atoms with Crippen LogP contribution in [0.25, 0.3) is 11.1 Å². The van der Waals surface area contributed by atoms with Crippen molar-refractivity contribution >= 4 is 11.9 Å². The van der Waals surface area contributed by atoms with Crippen molar-refractivity contribution in [3.8, 4) is 11.1 Å². The molecule has 3 aromatic rings. The summed E-state index contributed by atoms with van der Waals surface area (Å²) in [4.78, 5) is 25.0. The van der Waals surface area contributed by atoms with E-state index in [9.17, 15) is 14.7 Å². The van der Waals surface area contributed by atoms with Crippen LogP contribution in [0.5, 0.6) is 0 Å². The van der Waals surface area contributed by atoms with Crippen molar-refractivity contribution in [2.75, 3.05) is 0 Å². The maximum atomic E-state index is 12.9. The Bertz CT molecular complexity index is 1100. The summed E-state index contributed by atoms with van der Waals surface area (Å²) in [6.45, 7) is 6.55. The number of fused-ring (bicyclic) bond motifs is 1. The van der Waals surface area contributed by atoms with E-state index in [-0.39, 0.29) is 11.3 Å². The number of hydrogen-bond donors (Lipinski definition) is 2. The molecular weight excluding hydrogens is 386 g/mol.